The van der Waals surface area contributed by atoms with Crippen molar-refractivity contribution in [2.75, 3.05) is 11.9 Å². The Morgan fingerprint density at radius 2 is 1.94 bits per heavy atom. The van der Waals surface area contributed by atoms with E-state index in [-0.39, 0.29) is 12.6 Å². The normalized spacial score (nSPS) is 12.4. The molecule has 0 fully saturated rings. The summed E-state index contributed by atoms with van der Waals surface area (Å²) in [6, 6.07) is 10.1. The predicted molar refractivity (Wildman–Crippen MR) is 84.3 cm³/mol. The van der Waals surface area contributed by atoms with Crippen molar-refractivity contribution in [1.82, 2.24) is 0 Å². The van der Waals surface area contributed by atoms with Crippen LogP contribution in [0.4, 0.5) is 5.69 Å². The Balaban J connectivity index is 2.16. The number of benzene rings is 1. The molecular formula is C13H13Br2NOS. The zero-order chi connectivity index (χ0) is 13.1. The monoisotopic (exact) mass is 389 g/mol. The third kappa shape index (κ3) is 3.35. The van der Waals surface area contributed by atoms with Crippen molar-refractivity contribution in [2.45, 2.75) is 13.0 Å². The molecule has 2 nitrogen and oxygen atoms in total. The highest BCUT2D eigenvalue weighted by molar-refractivity contribution is 9.13. The minimum Gasteiger partial charge on any atom is -0.394 e. The summed E-state index contributed by atoms with van der Waals surface area (Å²) in [4.78, 5) is 1.09. The maximum atomic E-state index is 9.51. The quantitative estimate of drug-likeness (QED) is 0.790. The molecule has 0 radical (unpaired) electrons. The molecule has 0 saturated heterocycles. The fraction of sp³-hybridized carbons (Fsp3) is 0.231. The number of halogens is 2. The second kappa shape index (κ2) is 6.19. The van der Waals surface area contributed by atoms with Crippen LogP contribution in [0, 0.1) is 6.92 Å². The Morgan fingerprint density at radius 3 is 2.44 bits per heavy atom. The lowest BCUT2D eigenvalue weighted by atomic mass is 10.2. The van der Waals surface area contributed by atoms with Gasteiger partial charge < -0.3 is 10.4 Å². The molecule has 5 heteroatoms. The highest BCUT2D eigenvalue weighted by atomic mass is 79.9. The Labute approximate surface area is 127 Å². The van der Waals surface area contributed by atoms with Crippen molar-refractivity contribution in [3.05, 3.63) is 49.0 Å². The summed E-state index contributed by atoms with van der Waals surface area (Å²) in [6.45, 7) is 2.12. The van der Waals surface area contributed by atoms with Gasteiger partial charge >= 0.3 is 0 Å². The minimum absolute atomic E-state index is 0.0628. The molecule has 1 unspecified atom stereocenters. The number of rotatable bonds is 4. The minimum atomic E-state index is -0.0830. The van der Waals surface area contributed by atoms with Gasteiger partial charge in [-0.1, -0.05) is 17.7 Å². The first-order valence-corrected chi connectivity index (χ1v) is 7.89. The number of nitrogens with one attached hydrogen (secondary N) is 1. The number of hydrogen-bond donors (Lipinski definition) is 2. The molecule has 0 aliphatic rings. The molecule has 1 heterocycles. The summed E-state index contributed by atoms with van der Waals surface area (Å²) in [5.41, 5.74) is 2.24. The molecule has 96 valence electrons. The molecule has 2 N–H and O–H groups in total. The smallest absolute Gasteiger partial charge is 0.0844 e. The lowest BCUT2D eigenvalue weighted by molar-refractivity contribution is 0.278. The van der Waals surface area contributed by atoms with Gasteiger partial charge in [-0.15, -0.1) is 11.3 Å². The van der Waals surface area contributed by atoms with Crippen molar-refractivity contribution < 1.29 is 5.11 Å². The van der Waals surface area contributed by atoms with Crippen molar-refractivity contribution in [3.8, 4) is 0 Å². The molecule has 18 heavy (non-hydrogen) atoms. The maximum Gasteiger partial charge on any atom is 0.0844 e. The largest absolute Gasteiger partial charge is 0.394 e. The molecule has 0 aliphatic carbocycles. The van der Waals surface area contributed by atoms with E-state index in [1.165, 1.54) is 5.56 Å². The average molecular weight is 391 g/mol. The fourth-order valence-electron chi connectivity index (χ4n) is 1.59. The number of hydrogen-bond acceptors (Lipinski definition) is 3. The van der Waals surface area contributed by atoms with Gasteiger partial charge in [-0.25, -0.2) is 0 Å². The van der Waals surface area contributed by atoms with Gasteiger partial charge in [0.25, 0.3) is 0 Å². The molecule has 0 saturated carbocycles. The van der Waals surface area contributed by atoms with Crippen LogP contribution in [0.5, 0.6) is 0 Å². The van der Waals surface area contributed by atoms with Crippen molar-refractivity contribution in [3.63, 3.8) is 0 Å². The van der Waals surface area contributed by atoms with Crippen LogP contribution in [-0.4, -0.2) is 11.7 Å². The van der Waals surface area contributed by atoms with Gasteiger partial charge in [0, 0.05) is 15.0 Å². The van der Waals surface area contributed by atoms with Crippen LogP contribution >= 0.6 is 43.2 Å². The van der Waals surface area contributed by atoms with E-state index in [1.807, 2.05) is 18.2 Å². The van der Waals surface area contributed by atoms with E-state index < -0.39 is 0 Å². The summed E-state index contributed by atoms with van der Waals surface area (Å²) in [7, 11) is 0. The first-order chi connectivity index (χ1) is 8.60. The Hall–Kier alpha value is -0.360. The number of anilines is 1. The Bertz CT molecular complexity index is 505. The first-order valence-electron chi connectivity index (χ1n) is 5.49. The van der Waals surface area contributed by atoms with Crippen molar-refractivity contribution >= 4 is 48.9 Å². The molecule has 0 spiro atoms. The number of aliphatic hydroxyl groups is 1. The molecule has 0 bridgehead atoms. The number of aryl methyl sites for hydroxylation is 1. The summed E-state index contributed by atoms with van der Waals surface area (Å²) in [6.07, 6.45) is 0. The summed E-state index contributed by atoms with van der Waals surface area (Å²) in [5.74, 6) is 0. The van der Waals surface area contributed by atoms with Crippen LogP contribution in [0.1, 0.15) is 16.5 Å². The van der Waals surface area contributed by atoms with Gasteiger partial charge in [0.15, 0.2) is 0 Å². The van der Waals surface area contributed by atoms with Gasteiger partial charge in [-0.3, -0.25) is 0 Å². The highest BCUT2D eigenvalue weighted by Gasteiger charge is 2.14. The zero-order valence-corrected chi connectivity index (χ0v) is 13.8. The molecule has 2 aromatic rings. The molecule has 0 amide bonds. The Kier molecular flexibility index (Phi) is 4.84. The SMILES string of the molecule is Cc1ccc(NC(CO)c2cc(Br)c(Br)s2)cc1. The molecule has 1 atom stereocenters. The van der Waals surface area contributed by atoms with Crippen LogP contribution in [0.3, 0.4) is 0 Å². The lowest BCUT2D eigenvalue weighted by Crippen LogP contribution is -2.13. The van der Waals surface area contributed by atoms with Gasteiger partial charge in [0.1, 0.15) is 0 Å². The van der Waals surface area contributed by atoms with Crippen molar-refractivity contribution in [2.24, 2.45) is 0 Å². The second-order valence-electron chi connectivity index (χ2n) is 4.02. The average Bonchev–Trinajstić information content (AvgIpc) is 2.69. The zero-order valence-electron chi connectivity index (χ0n) is 9.78. The highest BCUT2D eigenvalue weighted by Crippen LogP contribution is 2.36. The van der Waals surface area contributed by atoms with Gasteiger partial charge in [0.2, 0.25) is 0 Å². The summed E-state index contributed by atoms with van der Waals surface area (Å²) < 4.78 is 2.06. The third-order valence-electron chi connectivity index (χ3n) is 2.58. The first kappa shape index (κ1) is 14.1. The molecule has 2 rings (SSSR count). The topological polar surface area (TPSA) is 32.3 Å². The van der Waals surface area contributed by atoms with Gasteiger partial charge in [-0.2, -0.15) is 0 Å². The molecule has 0 aliphatic heterocycles. The van der Waals surface area contributed by atoms with Crippen LogP contribution in [0.2, 0.25) is 0 Å². The van der Waals surface area contributed by atoms with Gasteiger partial charge in [0.05, 0.1) is 16.4 Å². The lowest BCUT2D eigenvalue weighted by Gasteiger charge is -2.16. The predicted octanol–water partition coefficient (Wildman–Crippen LogP) is 4.73. The van der Waals surface area contributed by atoms with E-state index in [4.69, 9.17) is 0 Å². The Morgan fingerprint density at radius 1 is 1.28 bits per heavy atom. The van der Waals surface area contributed by atoms with Gasteiger partial charge in [-0.05, 0) is 57.0 Å². The van der Waals surface area contributed by atoms with Crippen molar-refractivity contribution in [1.29, 1.82) is 0 Å². The summed E-state index contributed by atoms with van der Waals surface area (Å²) in [5, 5.41) is 12.8. The van der Waals surface area contributed by atoms with E-state index in [9.17, 15) is 5.11 Å². The molecule has 1 aromatic carbocycles. The standard InChI is InChI=1S/C13H13Br2NOS/c1-8-2-4-9(5-3-8)16-11(7-17)12-6-10(14)13(15)18-12/h2-6,11,16-17H,7H2,1H3. The number of thiophene rings is 1. The maximum absolute atomic E-state index is 9.51. The fourth-order valence-corrected chi connectivity index (χ4v) is 3.72. The van der Waals surface area contributed by atoms with E-state index >= 15 is 0 Å². The number of aliphatic hydroxyl groups excluding tert-OH is 1. The van der Waals surface area contributed by atoms with E-state index in [0.717, 1.165) is 18.8 Å². The van der Waals surface area contributed by atoms with E-state index in [2.05, 4.69) is 56.2 Å². The summed E-state index contributed by atoms with van der Waals surface area (Å²) >= 11 is 8.55. The van der Waals surface area contributed by atoms with Crippen LogP contribution in [0.25, 0.3) is 0 Å². The van der Waals surface area contributed by atoms with Crippen LogP contribution < -0.4 is 5.32 Å². The second-order valence-corrected chi connectivity index (χ2v) is 7.27. The van der Waals surface area contributed by atoms with Crippen LogP contribution in [0.15, 0.2) is 38.6 Å². The van der Waals surface area contributed by atoms with E-state index in [0.29, 0.717) is 0 Å². The third-order valence-corrected chi connectivity index (χ3v) is 5.95. The van der Waals surface area contributed by atoms with E-state index in [1.54, 1.807) is 11.3 Å². The van der Waals surface area contributed by atoms with Crippen LogP contribution in [-0.2, 0) is 0 Å². The molecule has 1 aromatic heterocycles. The molecular weight excluding hydrogens is 378 g/mol.